The summed E-state index contributed by atoms with van der Waals surface area (Å²) >= 11 is 0. The molecule has 158 valence electrons. The van der Waals surface area contributed by atoms with Gasteiger partial charge in [0.2, 0.25) is 0 Å². The zero-order valence-electron chi connectivity index (χ0n) is 17.6. The Morgan fingerprint density at radius 2 is 1.04 bits per heavy atom. The van der Waals surface area contributed by atoms with Gasteiger partial charge in [-0.2, -0.15) is 0 Å². The van der Waals surface area contributed by atoms with Gasteiger partial charge in [-0.25, -0.2) is 0 Å². The van der Waals surface area contributed by atoms with E-state index in [1.807, 2.05) is 6.92 Å². The Labute approximate surface area is 162 Å². The minimum Gasteiger partial charge on any atom is -0.481 e. The molecule has 0 aliphatic carbocycles. The third-order valence-electron chi connectivity index (χ3n) is 4.68. The lowest BCUT2D eigenvalue weighted by Crippen LogP contribution is -2.08. The van der Waals surface area contributed by atoms with Crippen LogP contribution in [0.4, 0.5) is 0 Å². The van der Waals surface area contributed by atoms with Crippen molar-refractivity contribution < 1.29 is 20.1 Å². The van der Waals surface area contributed by atoms with E-state index in [0.29, 0.717) is 12.8 Å². The van der Waals surface area contributed by atoms with Crippen LogP contribution in [0.25, 0.3) is 0 Å². The van der Waals surface area contributed by atoms with Gasteiger partial charge >= 0.3 is 5.97 Å². The predicted molar refractivity (Wildman–Crippen MR) is 111 cm³/mol. The first-order valence-electron chi connectivity index (χ1n) is 11.1. The number of hydrogen-bond donors (Lipinski definition) is 3. The van der Waals surface area contributed by atoms with Crippen LogP contribution >= 0.6 is 0 Å². The van der Waals surface area contributed by atoms with Crippen molar-refractivity contribution >= 4 is 5.97 Å². The molecule has 1 unspecified atom stereocenters. The fraction of sp³-hybridized carbons (Fsp3) is 0.955. The minimum atomic E-state index is -0.653. The summed E-state index contributed by atoms with van der Waals surface area (Å²) in [5, 5.41) is 25.0. The monoisotopic (exact) mass is 374 g/mol. The number of carbonyl (C=O) groups is 1. The first-order chi connectivity index (χ1) is 12.6. The van der Waals surface area contributed by atoms with Gasteiger partial charge in [0.25, 0.3) is 0 Å². The molecule has 4 nitrogen and oxygen atoms in total. The molecule has 0 bridgehead atoms. The minimum absolute atomic E-state index is 0.115. The number of hydrogen-bond acceptors (Lipinski definition) is 3. The molecular formula is C22H46O4. The summed E-state index contributed by atoms with van der Waals surface area (Å²) in [6.07, 6.45) is 20.3. The van der Waals surface area contributed by atoms with Crippen molar-refractivity contribution in [2.75, 3.05) is 6.61 Å². The maximum Gasteiger partial charge on any atom is 0.303 e. The molecule has 0 aromatic heterocycles. The molecule has 0 heterocycles. The molecule has 0 aromatic rings. The largest absolute Gasteiger partial charge is 0.481 e. The molecule has 0 aliphatic rings. The number of rotatable bonds is 18. The highest BCUT2D eigenvalue weighted by Crippen LogP contribution is 2.13. The van der Waals surface area contributed by atoms with Crippen LogP contribution in [0.2, 0.25) is 0 Å². The molecule has 0 aromatic carbocycles. The second-order valence-corrected chi connectivity index (χ2v) is 7.34. The third-order valence-corrected chi connectivity index (χ3v) is 4.68. The summed E-state index contributed by atoms with van der Waals surface area (Å²) in [4.78, 5) is 10.3. The van der Waals surface area contributed by atoms with E-state index in [2.05, 4.69) is 6.92 Å². The fourth-order valence-electron chi connectivity index (χ4n) is 2.78. The molecule has 0 radical (unpaired) electrons. The first kappa shape index (κ1) is 27.6. The topological polar surface area (TPSA) is 77.8 Å². The Morgan fingerprint density at radius 3 is 1.27 bits per heavy atom. The van der Waals surface area contributed by atoms with Gasteiger partial charge in [-0.1, -0.05) is 104 Å². The average molecular weight is 375 g/mol. The van der Waals surface area contributed by atoms with Crippen molar-refractivity contribution in [3.8, 4) is 0 Å². The van der Waals surface area contributed by atoms with Crippen LogP contribution in [0, 0.1) is 0 Å². The highest BCUT2D eigenvalue weighted by Gasteiger charge is 1.97. The van der Waals surface area contributed by atoms with E-state index in [4.69, 9.17) is 15.3 Å². The van der Waals surface area contributed by atoms with Crippen LogP contribution in [-0.2, 0) is 4.79 Å². The highest BCUT2D eigenvalue weighted by atomic mass is 16.4. The molecule has 0 fully saturated rings. The molecule has 1 atom stereocenters. The van der Waals surface area contributed by atoms with Crippen molar-refractivity contribution in [3.05, 3.63) is 0 Å². The molecule has 0 saturated heterocycles. The Hall–Kier alpha value is -0.610. The molecule has 0 aliphatic heterocycles. The summed E-state index contributed by atoms with van der Waals surface area (Å²) in [5.41, 5.74) is 0. The number of aliphatic hydroxyl groups excluding tert-OH is 2. The first-order valence-corrected chi connectivity index (χ1v) is 11.1. The van der Waals surface area contributed by atoms with Gasteiger partial charge < -0.3 is 15.3 Å². The van der Waals surface area contributed by atoms with Crippen molar-refractivity contribution in [3.63, 3.8) is 0 Å². The van der Waals surface area contributed by atoms with E-state index in [1.54, 1.807) is 0 Å². The van der Waals surface area contributed by atoms with Crippen molar-refractivity contribution in [1.29, 1.82) is 0 Å². The van der Waals surface area contributed by atoms with Gasteiger partial charge in [-0.3, -0.25) is 4.79 Å². The zero-order valence-corrected chi connectivity index (χ0v) is 17.6. The maximum absolute atomic E-state index is 10.3. The summed E-state index contributed by atoms with van der Waals surface area (Å²) in [6, 6.07) is 0. The standard InChI is InChI=1S/C18H36O2.C4H10O2/c1-2-3-4-5-6-7-8-9-10-11-12-13-14-15-16-17-18(19)20;1-2-4(6)3-5/h2-17H2,1H3,(H,19,20);4-6H,2-3H2,1H3. The van der Waals surface area contributed by atoms with Gasteiger partial charge in [0.15, 0.2) is 0 Å². The Morgan fingerprint density at radius 1 is 0.692 bits per heavy atom. The lowest BCUT2D eigenvalue weighted by atomic mass is 10.0. The van der Waals surface area contributed by atoms with Crippen molar-refractivity contribution in [1.82, 2.24) is 0 Å². The predicted octanol–water partition coefficient (Wildman–Crippen LogP) is 6.08. The van der Waals surface area contributed by atoms with E-state index in [1.165, 1.54) is 83.5 Å². The van der Waals surface area contributed by atoms with Gasteiger partial charge in [0.1, 0.15) is 0 Å². The Bertz CT molecular complexity index is 265. The average Bonchev–Trinajstić information content (AvgIpc) is 2.64. The molecular weight excluding hydrogens is 328 g/mol. The van der Waals surface area contributed by atoms with E-state index in [-0.39, 0.29) is 6.61 Å². The summed E-state index contributed by atoms with van der Waals surface area (Å²) in [6.45, 7) is 3.98. The van der Waals surface area contributed by atoms with Crippen LogP contribution in [0.5, 0.6) is 0 Å². The maximum atomic E-state index is 10.3. The van der Waals surface area contributed by atoms with Crippen LogP contribution in [-0.4, -0.2) is 34.0 Å². The molecule has 26 heavy (non-hydrogen) atoms. The second kappa shape index (κ2) is 24.4. The van der Waals surface area contributed by atoms with Gasteiger partial charge in [-0.15, -0.1) is 0 Å². The molecule has 3 N–H and O–H groups in total. The quantitative estimate of drug-likeness (QED) is 0.254. The summed E-state index contributed by atoms with van der Waals surface area (Å²) < 4.78 is 0. The van der Waals surface area contributed by atoms with E-state index in [9.17, 15) is 4.79 Å². The van der Waals surface area contributed by atoms with Crippen molar-refractivity contribution in [2.24, 2.45) is 0 Å². The van der Waals surface area contributed by atoms with Gasteiger partial charge in [0.05, 0.1) is 12.7 Å². The van der Waals surface area contributed by atoms with Gasteiger partial charge in [-0.05, 0) is 12.8 Å². The Kier molecular flexibility index (Phi) is 25.9. The number of carboxylic acid groups (broad SMARTS) is 1. The molecule has 0 amide bonds. The number of aliphatic hydroxyl groups is 2. The molecule has 0 rings (SSSR count). The summed E-state index contributed by atoms with van der Waals surface area (Å²) in [5.74, 6) is -0.653. The SMILES string of the molecule is CCC(O)CO.CCCCCCCCCCCCCCCCCC(=O)O. The van der Waals surface area contributed by atoms with E-state index < -0.39 is 12.1 Å². The summed E-state index contributed by atoms with van der Waals surface area (Å²) in [7, 11) is 0. The van der Waals surface area contributed by atoms with Crippen LogP contribution < -0.4 is 0 Å². The van der Waals surface area contributed by atoms with Crippen molar-refractivity contribution in [2.45, 2.75) is 129 Å². The lowest BCUT2D eigenvalue weighted by molar-refractivity contribution is -0.137. The van der Waals surface area contributed by atoms with Crippen LogP contribution in [0.1, 0.15) is 123 Å². The van der Waals surface area contributed by atoms with Crippen LogP contribution in [0.3, 0.4) is 0 Å². The van der Waals surface area contributed by atoms with Crippen LogP contribution in [0.15, 0.2) is 0 Å². The zero-order chi connectivity index (χ0) is 19.9. The smallest absolute Gasteiger partial charge is 0.303 e. The van der Waals surface area contributed by atoms with E-state index in [0.717, 1.165) is 12.8 Å². The number of carboxylic acids is 1. The van der Waals surface area contributed by atoms with Gasteiger partial charge in [0, 0.05) is 6.42 Å². The third kappa shape index (κ3) is 28.2. The lowest BCUT2D eigenvalue weighted by Gasteiger charge is -2.03. The number of unbranched alkanes of at least 4 members (excludes halogenated alkanes) is 14. The highest BCUT2D eigenvalue weighted by molar-refractivity contribution is 5.66. The number of aliphatic carboxylic acids is 1. The molecule has 0 saturated carbocycles. The fourth-order valence-corrected chi connectivity index (χ4v) is 2.78. The molecule has 0 spiro atoms. The molecule has 4 heteroatoms. The second-order valence-electron chi connectivity index (χ2n) is 7.34. The van der Waals surface area contributed by atoms with E-state index >= 15 is 0 Å². The normalized spacial score (nSPS) is 11.7. The Balaban J connectivity index is 0.